The molecule has 0 bridgehead atoms. The zero-order chi connectivity index (χ0) is 17.3. The van der Waals surface area contributed by atoms with Gasteiger partial charge in [-0.3, -0.25) is 9.59 Å². The van der Waals surface area contributed by atoms with E-state index < -0.39 is 23.5 Å². The highest BCUT2D eigenvalue weighted by molar-refractivity contribution is 6.31. The predicted octanol–water partition coefficient (Wildman–Crippen LogP) is 2.49. The Labute approximate surface area is 142 Å². The lowest BCUT2D eigenvalue weighted by atomic mass is 9.87. The van der Waals surface area contributed by atoms with E-state index in [0.717, 1.165) is 0 Å². The van der Waals surface area contributed by atoms with Gasteiger partial charge in [-0.05, 0) is 31.2 Å². The number of halogens is 1. The quantitative estimate of drug-likeness (QED) is 0.368. The lowest BCUT2D eigenvalue weighted by molar-refractivity contribution is -0.140. The van der Waals surface area contributed by atoms with E-state index in [1.807, 2.05) is 0 Å². The van der Waals surface area contributed by atoms with Gasteiger partial charge >= 0.3 is 5.97 Å². The molecular weight excluding hydrogens is 332 g/mol. The third kappa shape index (κ3) is 2.76. The minimum atomic E-state index is -1.19. The van der Waals surface area contributed by atoms with E-state index in [0.29, 0.717) is 10.6 Å². The topological polar surface area (TPSA) is 78.3 Å². The van der Waals surface area contributed by atoms with Crippen LogP contribution in [0.25, 0.3) is 6.20 Å². The first-order chi connectivity index (χ1) is 11.5. The first-order valence-corrected chi connectivity index (χ1v) is 7.66. The van der Waals surface area contributed by atoms with Gasteiger partial charge in [-0.15, -0.1) is 0 Å². The van der Waals surface area contributed by atoms with Crippen LogP contribution >= 0.6 is 11.6 Å². The van der Waals surface area contributed by atoms with Gasteiger partial charge in [0.25, 0.3) is 0 Å². The van der Waals surface area contributed by atoms with Crippen molar-refractivity contribution >= 4 is 35.3 Å². The van der Waals surface area contributed by atoms with Crippen molar-refractivity contribution in [2.45, 2.75) is 12.8 Å². The number of rotatable bonds is 4. The van der Waals surface area contributed by atoms with Crippen LogP contribution < -0.4 is 0 Å². The average Bonchev–Trinajstić information content (AvgIpc) is 3.02. The van der Waals surface area contributed by atoms with Crippen molar-refractivity contribution in [3.63, 3.8) is 0 Å². The summed E-state index contributed by atoms with van der Waals surface area (Å²) in [6.45, 7) is 1.78. The van der Waals surface area contributed by atoms with Crippen molar-refractivity contribution in [3.8, 4) is 0 Å². The fraction of sp³-hybridized carbons (Fsp3) is 0.176. The molecular formula is C17H13ClN2O4. The van der Waals surface area contributed by atoms with E-state index >= 15 is 0 Å². The van der Waals surface area contributed by atoms with Crippen molar-refractivity contribution in [3.05, 3.63) is 58.6 Å². The summed E-state index contributed by atoms with van der Waals surface area (Å²) >= 11 is 5.83. The van der Waals surface area contributed by atoms with Crippen molar-refractivity contribution in [2.24, 2.45) is 0 Å². The molecule has 0 N–H and O–H groups in total. The Morgan fingerprint density at radius 2 is 2.00 bits per heavy atom. The summed E-state index contributed by atoms with van der Waals surface area (Å²) < 4.78 is 6.39. The van der Waals surface area contributed by atoms with Crippen molar-refractivity contribution < 1.29 is 19.1 Å². The van der Waals surface area contributed by atoms with Crippen LogP contribution in [-0.4, -0.2) is 33.7 Å². The molecule has 0 amide bonds. The van der Waals surface area contributed by atoms with Crippen LogP contribution in [0.4, 0.5) is 0 Å². The number of imidazole rings is 1. The normalized spacial score (nSPS) is 16.3. The van der Waals surface area contributed by atoms with Gasteiger partial charge < -0.3 is 9.30 Å². The highest BCUT2D eigenvalue weighted by atomic mass is 35.5. The predicted molar refractivity (Wildman–Crippen MR) is 86.7 cm³/mol. The highest BCUT2D eigenvalue weighted by Gasteiger charge is 2.40. The van der Waals surface area contributed by atoms with Gasteiger partial charge in [0.05, 0.1) is 6.61 Å². The summed E-state index contributed by atoms with van der Waals surface area (Å²) in [6, 6.07) is 6.20. The van der Waals surface area contributed by atoms with Gasteiger partial charge in [0.15, 0.2) is 11.6 Å². The van der Waals surface area contributed by atoms with E-state index in [1.54, 1.807) is 25.3 Å². The molecule has 3 rings (SSSR count). The fourth-order valence-corrected chi connectivity index (χ4v) is 2.64. The Morgan fingerprint density at radius 3 is 2.67 bits per heavy atom. The van der Waals surface area contributed by atoms with Crippen molar-refractivity contribution in [2.75, 3.05) is 6.61 Å². The Bertz CT molecular complexity index is 852. The second-order valence-electron chi connectivity index (χ2n) is 5.12. The van der Waals surface area contributed by atoms with Crippen LogP contribution in [0.5, 0.6) is 0 Å². The number of Topliss-reactive ketones (excluding diaryl/α,β-unsaturated/α-hetero) is 2. The molecule has 1 aromatic carbocycles. The first kappa shape index (κ1) is 16.1. The number of hydrogen-bond donors (Lipinski definition) is 0. The van der Waals surface area contributed by atoms with Gasteiger partial charge in [0, 0.05) is 29.2 Å². The molecule has 0 radical (unpaired) electrons. The van der Waals surface area contributed by atoms with Crippen LogP contribution in [-0.2, 0) is 14.3 Å². The number of aromatic nitrogens is 2. The Morgan fingerprint density at radius 1 is 1.29 bits per heavy atom. The molecule has 1 atom stereocenters. The van der Waals surface area contributed by atoms with Gasteiger partial charge in [-0.2, -0.15) is 0 Å². The van der Waals surface area contributed by atoms with Gasteiger partial charge in [-0.1, -0.05) is 11.6 Å². The summed E-state index contributed by atoms with van der Waals surface area (Å²) in [6.07, 6.45) is 4.38. The zero-order valence-corrected chi connectivity index (χ0v) is 13.5. The third-order valence-electron chi connectivity index (χ3n) is 3.64. The Hall–Kier alpha value is -2.73. The second-order valence-corrected chi connectivity index (χ2v) is 5.56. The summed E-state index contributed by atoms with van der Waals surface area (Å²) in [7, 11) is 0. The number of benzene rings is 1. The lowest BCUT2D eigenvalue weighted by Gasteiger charge is -2.20. The molecule has 0 spiro atoms. The number of carbonyl (C=O) groups is 3. The first-order valence-electron chi connectivity index (χ1n) is 7.28. The molecule has 1 aromatic heterocycles. The number of esters is 1. The van der Waals surface area contributed by atoms with E-state index in [1.165, 1.54) is 29.1 Å². The zero-order valence-electron chi connectivity index (χ0n) is 12.7. The molecule has 2 aromatic rings. The van der Waals surface area contributed by atoms with Crippen LogP contribution in [0.1, 0.15) is 29.0 Å². The minimum Gasteiger partial charge on any atom is -0.462 e. The summed E-state index contributed by atoms with van der Waals surface area (Å²) in [5.41, 5.74) is 0.145. The molecule has 0 aliphatic carbocycles. The van der Waals surface area contributed by atoms with Gasteiger partial charge in [0.1, 0.15) is 17.3 Å². The molecule has 0 fully saturated rings. The van der Waals surface area contributed by atoms with Gasteiger partial charge in [0.2, 0.25) is 0 Å². The number of hydrogen-bond acceptors (Lipinski definition) is 5. The summed E-state index contributed by atoms with van der Waals surface area (Å²) in [5.74, 6) is -2.74. The second kappa shape index (κ2) is 6.41. The minimum absolute atomic E-state index is 0.135. The maximum Gasteiger partial charge on any atom is 0.343 e. The van der Waals surface area contributed by atoms with Crippen LogP contribution in [0, 0.1) is 0 Å². The molecule has 6 nitrogen and oxygen atoms in total. The van der Waals surface area contributed by atoms with Crippen molar-refractivity contribution in [1.82, 2.24) is 9.55 Å². The average molecular weight is 345 g/mol. The van der Waals surface area contributed by atoms with E-state index in [-0.39, 0.29) is 18.0 Å². The third-order valence-corrected chi connectivity index (χ3v) is 3.89. The Kier molecular flexibility index (Phi) is 4.31. The SMILES string of the molecule is CCOC(=O)C1=Cn2ccnc2C(C(=O)c2ccc(Cl)cc2)C1=O. The monoisotopic (exact) mass is 344 g/mol. The molecule has 1 unspecified atom stereocenters. The molecule has 122 valence electrons. The molecule has 1 aliphatic rings. The maximum absolute atomic E-state index is 12.8. The molecule has 24 heavy (non-hydrogen) atoms. The van der Waals surface area contributed by atoms with E-state index in [2.05, 4.69) is 4.98 Å². The number of carbonyl (C=O) groups excluding carboxylic acids is 3. The smallest absolute Gasteiger partial charge is 0.343 e. The summed E-state index contributed by atoms with van der Waals surface area (Å²) in [5, 5.41) is 0.482. The summed E-state index contributed by atoms with van der Waals surface area (Å²) in [4.78, 5) is 41.6. The van der Waals surface area contributed by atoms with Gasteiger partial charge in [-0.25, -0.2) is 9.78 Å². The van der Waals surface area contributed by atoms with Crippen LogP contribution in [0.2, 0.25) is 5.02 Å². The van der Waals surface area contributed by atoms with Crippen LogP contribution in [0.3, 0.4) is 0 Å². The van der Waals surface area contributed by atoms with E-state index in [4.69, 9.17) is 16.3 Å². The van der Waals surface area contributed by atoms with Crippen molar-refractivity contribution in [1.29, 1.82) is 0 Å². The largest absolute Gasteiger partial charge is 0.462 e. The Balaban J connectivity index is 2.03. The molecule has 1 aliphatic heterocycles. The maximum atomic E-state index is 12.8. The lowest BCUT2D eigenvalue weighted by Crippen LogP contribution is -2.32. The molecule has 7 heteroatoms. The highest BCUT2D eigenvalue weighted by Crippen LogP contribution is 2.29. The standard InChI is InChI=1S/C17H13ClN2O4/c1-2-24-17(23)12-9-20-8-7-19-16(20)13(15(12)22)14(21)10-3-5-11(18)6-4-10/h3-9,13H,2H2,1H3. The van der Waals surface area contributed by atoms with E-state index in [9.17, 15) is 14.4 Å². The number of ether oxygens (including phenoxy) is 1. The molecule has 2 heterocycles. The fourth-order valence-electron chi connectivity index (χ4n) is 2.51. The molecule has 0 saturated heterocycles. The number of fused-ring (bicyclic) bond motifs is 1. The molecule has 0 saturated carbocycles. The number of ketones is 2. The van der Waals surface area contributed by atoms with Crippen LogP contribution in [0.15, 0.2) is 42.2 Å². The number of nitrogens with zero attached hydrogens (tertiary/aromatic N) is 2.